The monoisotopic (exact) mass is 295 g/mol. The van der Waals surface area contributed by atoms with Crippen molar-refractivity contribution in [1.82, 2.24) is 4.57 Å². The van der Waals surface area contributed by atoms with Crippen molar-refractivity contribution < 1.29 is 0 Å². The predicted octanol–water partition coefficient (Wildman–Crippen LogP) is 3.82. The first-order valence-electron chi connectivity index (χ1n) is 5.70. The molecule has 1 aromatic heterocycles. The van der Waals surface area contributed by atoms with Crippen molar-refractivity contribution in [2.75, 3.05) is 5.75 Å². The van der Waals surface area contributed by atoms with Crippen LogP contribution < -0.4 is 0 Å². The van der Waals surface area contributed by atoms with Gasteiger partial charge in [-0.1, -0.05) is 6.07 Å². The fraction of sp³-hybridized carbons (Fsp3) is 0.385. The Kier molecular flexibility index (Phi) is 2.76. The molecule has 0 bridgehead atoms. The maximum absolute atomic E-state index is 4.32. The standard InChI is InChI=1S/C13H14BrNS/c14-12-8-15-4-1-2-10-6-9(3-5-16)7-11(12)13(10)15/h6-8,16H,1-5H2. The lowest BCUT2D eigenvalue weighted by atomic mass is 9.99. The topological polar surface area (TPSA) is 4.93 Å². The van der Waals surface area contributed by atoms with Gasteiger partial charge in [-0.05, 0) is 58.1 Å². The normalized spacial score (nSPS) is 14.6. The summed E-state index contributed by atoms with van der Waals surface area (Å²) in [7, 11) is 0. The minimum Gasteiger partial charge on any atom is -0.346 e. The maximum Gasteiger partial charge on any atom is 0.0524 e. The highest BCUT2D eigenvalue weighted by Gasteiger charge is 2.15. The zero-order valence-corrected chi connectivity index (χ0v) is 11.5. The van der Waals surface area contributed by atoms with Gasteiger partial charge in [0, 0.05) is 22.6 Å². The molecule has 0 amide bonds. The molecule has 0 fully saturated rings. The van der Waals surface area contributed by atoms with Gasteiger partial charge in [0.1, 0.15) is 0 Å². The molecule has 1 aromatic carbocycles. The Labute approximate surface area is 109 Å². The van der Waals surface area contributed by atoms with Gasteiger partial charge in [-0.15, -0.1) is 0 Å². The molecule has 1 aliphatic rings. The first kappa shape index (κ1) is 10.7. The second kappa shape index (κ2) is 4.11. The van der Waals surface area contributed by atoms with Gasteiger partial charge in [-0.3, -0.25) is 0 Å². The minimum atomic E-state index is 0.920. The molecule has 2 heterocycles. The molecule has 2 aromatic rings. The van der Waals surface area contributed by atoms with Crippen LogP contribution >= 0.6 is 28.6 Å². The molecule has 0 saturated carbocycles. The molecule has 0 N–H and O–H groups in total. The zero-order chi connectivity index (χ0) is 11.1. The van der Waals surface area contributed by atoms with Crippen molar-refractivity contribution in [2.45, 2.75) is 25.8 Å². The third-order valence-corrected chi connectivity index (χ3v) is 4.16. The van der Waals surface area contributed by atoms with E-state index in [1.54, 1.807) is 0 Å². The van der Waals surface area contributed by atoms with Crippen LogP contribution in [-0.2, 0) is 19.4 Å². The first-order valence-corrected chi connectivity index (χ1v) is 7.13. The largest absolute Gasteiger partial charge is 0.346 e. The molecule has 0 spiro atoms. The van der Waals surface area contributed by atoms with E-state index in [0.29, 0.717) is 0 Å². The van der Waals surface area contributed by atoms with E-state index in [-0.39, 0.29) is 0 Å². The Balaban J connectivity index is 2.28. The van der Waals surface area contributed by atoms with Crippen molar-refractivity contribution >= 4 is 39.5 Å². The molecular weight excluding hydrogens is 282 g/mol. The van der Waals surface area contributed by atoms with Gasteiger partial charge < -0.3 is 4.57 Å². The van der Waals surface area contributed by atoms with Gasteiger partial charge in [0.25, 0.3) is 0 Å². The summed E-state index contributed by atoms with van der Waals surface area (Å²) in [6.07, 6.45) is 5.75. The second-order valence-corrected chi connectivity index (χ2v) is 5.70. The molecule has 3 rings (SSSR count). The summed E-state index contributed by atoms with van der Waals surface area (Å²) in [6, 6.07) is 4.67. The summed E-state index contributed by atoms with van der Waals surface area (Å²) in [4.78, 5) is 0. The van der Waals surface area contributed by atoms with E-state index < -0.39 is 0 Å². The summed E-state index contributed by atoms with van der Waals surface area (Å²) in [5.74, 6) is 0.920. The average molecular weight is 296 g/mol. The van der Waals surface area contributed by atoms with Gasteiger partial charge in [-0.2, -0.15) is 12.6 Å². The highest BCUT2D eigenvalue weighted by atomic mass is 79.9. The third-order valence-electron chi connectivity index (χ3n) is 3.31. The van der Waals surface area contributed by atoms with Crippen LogP contribution in [0.2, 0.25) is 0 Å². The Morgan fingerprint density at radius 1 is 1.38 bits per heavy atom. The van der Waals surface area contributed by atoms with Gasteiger partial charge in [0.15, 0.2) is 0 Å². The van der Waals surface area contributed by atoms with Crippen LogP contribution in [0.4, 0.5) is 0 Å². The number of aromatic nitrogens is 1. The fourth-order valence-electron chi connectivity index (χ4n) is 2.63. The summed E-state index contributed by atoms with van der Waals surface area (Å²) < 4.78 is 3.61. The number of halogens is 1. The number of nitrogens with zero attached hydrogens (tertiary/aromatic N) is 1. The molecule has 0 atom stereocenters. The van der Waals surface area contributed by atoms with Crippen LogP contribution in [0.15, 0.2) is 22.8 Å². The molecule has 1 aliphatic heterocycles. The van der Waals surface area contributed by atoms with Crippen LogP contribution in [0.25, 0.3) is 10.9 Å². The quantitative estimate of drug-likeness (QED) is 0.804. The predicted molar refractivity (Wildman–Crippen MR) is 75.5 cm³/mol. The smallest absolute Gasteiger partial charge is 0.0524 e. The van der Waals surface area contributed by atoms with Crippen LogP contribution in [0, 0.1) is 0 Å². The molecule has 84 valence electrons. The molecule has 0 unspecified atom stereocenters. The fourth-order valence-corrected chi connectivity index (χ4v) is 3.44. The highest BCUT2D eigenvalue weighted by Crippen LogP contribution is 2.33. The van der Waals surface area contributed by atoms with E-state index >= 15 is 0 Å². The third kappa shape index (κ3) is 1.61. The number of benzene rings is 1. The van der Waals surface area contributed by atoms with Gasteiger partial charge in [-0.25, -0.2) is 0 Å². The Bertz CT molecular complexity index is 544. The van der Waals surface area contributed by atoms with Gasteiger partial charge in [0.05, 0.1) is 5.52 Å². The van der Waals surface area contributed by atoms with Crippen molar-refractivity contribution in [1.29, 1.82) is 0 Å². The summed E-state index contributed by atoms with van der Waals surface area (Å²) in [5.41, 5.74) is 4.35. The maximum atomic E-state index is 4.32. The average Bonchev–Trinajstić information content (AvgIpc) is 2.58. The Morgan fingerprint density at radius 3 is 3.06 bits per heavy atom. The van der Waals surface area contributed by atoms with E-state index in [4.69, 9.17) is 0 Å². The lowest BCUT2D eigenvalue weighted by molar-refractivity contribution is 0.635. The summed E-state index contributed by atoms with van der Waals surface area (Å²) in [5, 5.41) is 1.37. The highest BCUT2D eigenvalue weighted by molar-refractivity contribution is 9.10. The number of hydrogen-bond donors (Lipinski definition) is 1. The summed E-state index contributed by atoms with van der Waals surface area (Å²) in [6.45, 7) is 1.15. The minimum absolute atomic E-state index is 0.920. The number of hydrogen-bond acceptors (Lipinski definition) is 1. The van der Waals surface area contributed by atoms with Crippen LogP contribution in [0.1, 0.15) is 17.5 Å². The van der Waals surface area contributed by atoms with Crippen molar-refractivity contribution in [3.05, 3.63) is 33.9 Å². The Hall–Kier alpha value is -0.410. The van der Waals surface area contributed by atoms with E-state index in [0.717, 1.165) is 18.7 Å². The Morgan fingerprint density at radius 2 is 2.25 bits per heavy atom. The molecule has 0 aliphatic carbocycles. The summed E-state index contributed by atoms with van der Waals surface area (Å²) >= 11 is 7.98. The molecule has 0 radical (unpaired) electrons. The SMILES string of the molecule is SCCc1cc2c3c(c1)c(Br)cn3CCC2. The first-order chi connectivity index (χ1) is 7.79. The van der Waals surface area contributed by atoms with E-state index in [9.17, 15) is 0 Å². The molecule has 1 nitrogen and oxygen atoms in total. The second-order valence-electron chi connectivity index (χ2n) is 4.40. The zero-order valence-electron chi connectivity index (χ0n) is 9.04. The van der Waals surface area contributed by atoms with Crippen LogP contribution in [0.3, 0.4) is 0 Å². The van der Waals surface area contributed by atoms with Gasteiger partial charge >= 0.3 is 0 Å². The van der Waals surface area contributed by atoms with Crippen LogP contribution in [-0.4, -0.2) is 10.3 Å². The lowest BCUT2D eigenvalue weighted by Gasteiger charge is -2.16. The number of rotatable bonds is 2. The van der Waals surface area contributed by atoms with Crippen LogP contribution in [0.5, 0.6) is 0 Å². The van der Waals surface area contributed by atoms with E-state index in [2.05, 4.69) is 51.5 Å². The molecule has 3 heteroatoms. The van der Waals surface area contributed by atoms with E-state index in [1.807, 2.05) is 0 Å². The lowest BCUT2D eigenvalue weighted by Crippen LogP contribution is -2.07. The van der Waals surface area contributed by atoms with Gasteiger partial charge in [0.2, 0.25) is 0 Å². The molecular formula is C13H14BrNS. The van der Waals surface area contributed by atoms with Crippen molar-refractivity contribution in [2.24, 2.45) is 0 Å². The van der Waals surface area contributed by atoms with Crippen molar-refractivity contribution in [3.8, 4) is 0 Å². The number of thiol groups is 1. The molecule has 0 saturated heterocycles. The number of aryl methyl sites for hydroxylation is 3. The molecule has 16 heavy (non-hydrogen) atoms. The van der Waals surface area contributed by atoms with E-state index in [1.165, 1.54) is 39.3 Å². The van der Waals surface area contributed by atoms with Crippen molar-refractivity contribution in [3.63, 3.8) is 0 Å².